The van der Waals surface area contributed by atoms with Crippen molar-refractivity contribution in [1.82, 2.24) is 9.61 Å². The summed E-state index contributed by atoms with van der Waals surface area (Å²) in [6, 6.07) is 11.6. The highest BCUT2D eigenvalue weighted by atomic mass is 16.5. The van der Waals surface area contributed by atoms with Gasteiger partial charge in [0.2, 0.25) is 0 Å². The Morgan fingerprint density at radius 2 is 2.17 bits per heavy atom. The number of carbonyl (C=O) groups excluding carboxylic acids is 1. The molecule has 1 aromatic carbocycles. The highest BCUT2D eigenvalue weighted by molar-refractivity contribution is 5.93. The van der Waals surface area contributed by atoms with E-state index in [0.29, 0.717) is 23.8 Å². The number of nitrogens with zero attached hydrogens (tertiary/aromatic N) is 2. The maximum atomic E-state index is 12.3. The lowest BCUT2D eigenvalue weighted by Gasteiger charge is -2.12. The van der Waals surface area contributed by atoms with Crippen molar-refractivity contribution in [2.45, 2.75) is 25.7 Å². The highest BCUT2D eigenvalue weighted by Gasteiger charge is 2.24. The van der Waals surface area contributed by atoms with Crippen LogP contribution in [-0.4, -0.2) is 22.2 Å². The van der Waals surface area contributed by atoms with Gasteiger partial charge < -0.3 is 9.47 Å². The summed E-state index contributed by atoms with van der Waals surface area (Å²) in [7, 11) is 0. The first-order valence-electron chi connectivity index (χ1n) is 8.17. The Labute approximate surface area is 139 Å². The van der Waals surface area contributed by atoms with E-state index in [1.165, 1.54) is 18.4 Å². The molecule has 2 heterocycles. The van der Waals surface area contributed by atoms with E-state index in [2.05, 4.69) is 11.2 Å². The van der Waals surface area contributed by atoms with Gasteiger partial charge in [0.25, 0.3) is 0 Å². The van der Waals surface area contributed by atoms with E-state index in [9.17, 15) is 4.79 Å². The van der Waals surface area contributed by atoms with Gasteiger partial charge in [0.1, 0.15) is 11.3 Å². The summed E-state index contributed by atoms with van der Waals surface area (Å²) in [5.74, 6) is 1.41. The molecule has 2 aromatic heterocycles. The molecule has 1 aliphatic carbocycles. The Balaban J connectivity index is 1.72. The average molecular weight is 322 g/mol. The molecule has 3 aromatic rings. The fourth-order valence-electron chi connectivity index (χ4n) is 2.77. The van der Waals surface area contributed by atoms with E-state index >= 15 is 0 Å². The van der Waals surface area contributed by atoms with Crippen LogP contribution in [-0.2, 0) is 4.74 Å². The van der Waals surface area contributed by atoms with E-state index in [-0.39, 0.29) is 0 Å². The molecule has 0 amide bonds. The van der Waals surface area contributed by atoms with E-state index in [1.54, 1.807) is 29.9 Å². The predicted molar refractivity (Wildman–Crippen MR) is 89.6 cm³/mol. The quantitative estimate of drug-likeness (QED) is 0.661. The molecule has 24 heavy (non-hydrogen) atoms. The summed E-state index contributed by atoms with van der Waals surface area (Å²) in [4.78, 5) is 12.3. The van der Waals surface area contributed by atoms with Crippen LogP contribution in [0.5, 0.6) is 11.5 Å². The molecular formula is C19H18N2O3. The molecule has 5 nitrogen and oxygen atoms in total. The minimum absolute atomic E-state index is 0.319. The third kappa shape index (κ3) is 2.85. The van der Waals surface area contributed by atoms with E-state index in [1.807, 2.05) is 24.3 Å². The Kier molecular flexibility index (Phi) is 3.69. The summed E-state index contributed by atoms with van der Waals surface area (Å²) in [5, 5.41) is 4.21. The van der Waals surface area contributed by atoms with Crippen LogP contribution in [0.3, 0.4) is 0 Å². The lowest BCUT2D eigenvalue weighted by molar-refractivity contribution is 0.0523. The number of pyridine rings is 1. The van der Waals surface area contributed by atoms with E-state index in [0.717, 1.165) is 11.3 Å². The fourth-order valence-corrected chi connectivity index (χ4v) is 2.77. The van der Waals surface area contributed by atoms with Crippen molar-refractivity contribution in [3.63, 3.8) is 0 Å². The lowest BCUT2D eigenvalue weighted by Crippen LogP contribution is -2.08. The zero-order valence-electron chi connectivity index (χ0n) is 13.4. The van der Waals surface area contributed by atoms with Gasteiger partial charge in [0.15, 0.2) is 5.75 Å². The Morgan fingerprint density at radius 1 is 1.29 bits per heavy atom. The van der Waals surface area contributed by atoms with E-state index in [4.69, 9.17) is 9.47 Å². The minimum Gasteiger partial charge on any atom is -0.462 e. The Bertz CT molecular complexity index is 897. The lowest BCUT2D eigenvalue weighted by atomic mass is 10.1. The molecule has 1 saturated carbocycles. The smallest absolute Gasteiger partial charge is 0.342 e. The van der Waals surface area contributed by atoms with Crippen molar-refractivity contribution in [3.8, 4) is 11.5 Å². The Hall–Kier alpha value is -2.82. The van der Waals surface area contributed by atoms with Gasteiger partial charge in [0.05, 0.1) is 18.3 Å². The van der Waals surface area contributed by atoms with Gasteiger partial charge in [-0.1, -0.05) is 12.1 Å². The first kappa shape index (κ1) is 14.8. The first-order valence-corrected chi connectivity index (χ1v) is 8.17. The molecule has 4 rings (SSSR count). The predicted octanol–water partition coefficient (Wildman–Crippen LogP) is 4.18. The van der Waals surface area contributed by atoms with Crippen molar-refractivity contribution in [2.24, 2.45) is 0 Å². The number of hydrogen-bond donors (Lipinski definition) is 0. The molecule has 0 unspecified atom stereocenters. The second kappa shape index (κ2) is 6.00. The third-order valence-electron chi connectivity index (χ3n) is 4.13. The highest BCUT2D eigenvalue weighted by Crippen LogP contribution is 2.41. The number of aromatic nitrogens is 2. The first-order chi connectivity index (χ1) is 11.7. The van der Waals surface area contributed by atoms with Gasteiger partial charge in [-0.25, -0.2) is 9.31 Å². The number of esters is 1. The summed E-state index contributed by atoms with van der Waals surface area (Å²) >= 11 is 0. The van der Waals surface area contributed by atoms with Gasteiger partial charge in [-0.3, -0.25) is 0 Å². The van der Waals surface area contributed by atoms with Crippen LogP contribution < -0.4 is 4.74 Å². The fraction of sp³-hybridized carbons (Fsp3) is 0.263. The summed E-state index contributed by atoms with van der Waals surface area (Å²) in [6.45, 7) is 2.11. The standard InChI is InChI=1S/C19H18N2O3/c1-2-23-19(22)17-11-15-8-9-20-21(15)12-18(17)24-16-5-3-4-14(10-16)13-6-7-13/h3-5,8-13H,2,6-7H2,1H3. The van der Waals surface area contributed by atoms with Crippen molar-refractivity contribution in [2.75, 3.05) is 6.61 Å². The van der Waals surface area contributed by atoms with Gasteiger partial charge >= 0.3 is 5.97 Å². The molecule has 0 aliphatic heterocycles. The SMILES string of the molecule is CCOC(=O)c1cc2ccnn2cc1Oc1cccc(C2CC2)c1. The molecular weight excluding hydrogens is 304 g/mol. The van der Waals surface area contributed by atoms with Gasteiger partial charge in [-0.2, -0.15) is 5.10 Å². The van der Waals surface area contributed by atoms with Crippen LogP contribution in [0.1, 0.15) is 41.6 Å². The summed E-state index contributed by atoms with van der Waals surface area (Å²) < 4.78 is 12.8. The van der Waals surface area contributed by atoms with Crippen LogP contribution in [0.25, 0.3) is 5.52 Å². The zero-order valence-corrected chi connectivity index (χ0v) is 13.4. The second-order valence-corrected chi connectivity index (χ2v) is 5.92. The number of carbonyl (C=O) groups is 1. The minimum atomic E-state index is -0.394. The maximum Gasteiger partial charge on any atom is 0.342 e. The zero-order chi connectivity index (χ0) is 16.5. The molecule has 1 aliphatic rings. The molecule has 0 atom stereocenters. The number of hydrogen-bond acceptors (Lipinski definition) is 4. The number of ether oxygens (including phenoxy) is 2. The second-order valence-electron chi connectivity index (χ2n) is 5.92. The number of benzene rings is 1. The van der Waals surface area contributed by atoms with Crippen LogP contribution in [0.4, 0.5) is 0 Å². The summed E-state index contributed by atoms with van der Waals surface area (Å²) in [5.41, 5.74) is 2.50. The summed E-state index contributed by atoms with van der Waals surface area (Å²) in [6.07, 6.45) is 5.86. The van der Waals surface area contributed by atoms with Crippen molar-refractivity contribution in [3.05, 3.63) is 59.9 Å². The van der Waals surface area contributed by atoms with Gasteiger partial charge in [-0.05, 0) is 55.5 Å². The molecule has 5 heteroatoms. The molecule has 0 radical (unpaired) electrons. The average Bonchev–Trinajstić information content (AvgIpc) is 3.34. The molecule has 0 spiro atoms. The van der Waals surface area contributed by atoms with Crippen molar-refractivity contribution >= 4 is 11.5 Å². The van der Waals surface area contributed by atoms with Crippen molar-refractivity contribution < 1.29 is 14.3 Å². The monoisotopic (exact) mass is 322 g/mol. The van der Waals surface area contributed by atoms with Crippen molar-refractivity contribution in [1.29, 1.82) is 0 Å². The molecule has 0 bridgehead atoms. The molecule has 0 N–H and O–H groups in total. The van der Waals surface area contributed by atoms with Crippen LogP contribution in [0.2, 0.25) is 0 Å². The topological polar surface area (TPSA) is 52.8 Å². The largest absolute Gasteiger partial charge is 0.462 e. The normalized spacial score (nSPS) is 13.9. The van der Waals surface area contributed by atoms with Crippen LogP contribution in [0.15, 0.2) is 48.8 Å². The van der Waals surface area contributed by atoms with Crippen LogP contribution >= 0.6 is 0 Å². The number of rotatable bonds is 5. The van der Waals surface area contributed by atoms with Gasteiger partial charge in [-0.15, -0.1) is 0 Å². The maximum absolute atomic E-state index is 12.3. The Morgan fingerprint density at radius 3 is 2.96 bits per heavy atom. The number of fused-ring (bicyclic) bond motifs is 1. The third-order valence-corrected chi connectivity index (χ3v) is 4.13. The van der Waals surface area contributed by atoms with E-state index < -0.39 is 5.97 Å². The van der Waals surface area contributed by atoms with Gasteiger partial charge in [0, 0.05) is 6.20 Å². The van der Waals surface area contributed by atoms with Crippen LogP contribution in [0, 0.1) is 0 Å². The molecule has 1 fully saturated rings. The molecule has 0 saturated heterocycles. The molecule has 122 valence electrons.